The minimum atomic E-state index is -0.939. The molecular weight excluding hydrogens is 339 g/mol. The molecule has 2 aromatic carbocycles. The van der Waals surface area contributed by atoms with Crippen molar-refractivity contribution in [2.75, 3.05) is 18.7 Å². The van der Waals surface area contributed by atoms with Gasteiger partial charge in [0.25, 0.3) is 5.91 Å². The van der Waals surface area contributed by atoms with Crippen molar-refractivity contribution in [1.29, 1.82) is 0 Å². The summed E-state index contributed by atoms with van der Waals surface area (Å²) in [7, 11) is 1.54. The minimum Gasteiger partial charge on any atom is -0.497 e. The molecule has 1 fully saturated rings. The number of anilines is 1. The number of hydrogen-bond donors (Lipinski definition) is 1. The van der Waals surface area contributed by atoms with E-state index in [1.165, 1.54) is 12.0 Å². The number of ether oxygens (including phenoxy) is 2. The molecule has 0 aliphatic carbocycles. The quantitative estimate of drug-likeness (QED) is 0.806. The third kappa shape index (κ3) is 3.61. The summed E-state index contributed by atoms with van der Waals surface area (Å²) in [5.41, 5.74) is 1.37. The van der Waals surface area contributed by atoms with Gasteiger partial charge < -0.3 is 19.7 Å². The number of nitrogens with zero attached hydrogens (tertiary/aromatic N) is 1. The maximum atomic E-state index is 13.4. The fraction of sp³-hybridized carbons (Fsp3) is 0.263. The van der Waals surface area contributed by atoms with Gasteiger partial charge in [0, 0.05) is 5.69 Å². The first kappa shape index (κ1) is 17.7. The molecule has 0 saturated carbocycles. The maximum Gasteiger partial charge on any atom is 0.408 e. The van der Waals surface area contributed by atoms with Crippen LogP contribution in [0.25, 0.3) is 0 Å². The SMILES string of the molecule is COc1ccc(N2C(=O)C(NC(=O)OCc3ccccc3)C2CF)cc1. The van der Waals surface area contributed by atoms with Crippen molar-refractivity contribution in [2.24, 2.45) is 0 Å². The van der Waals surface area contributed by atoms with Gasteiger partial charge in [-0.05, 0) is 29.8 Å². The van der Waals surface area contributed by atoms with E-state index in [4.69, 9.17) is 9.47 Å². The van der Waals surface area contributed by atoms with Gasteiger partial charge in [-0.25, -0.2) is 9.18 Å². The van der Waals surface area contributed by atoms with Crippen molar-refractivity contribution in [3.8, 4) is 5.75 Å². The zero-order chi connectivity index (χ0) is 18.5. The molecule has 1 aliphatic rings. The number of benzene rings is 2. The Hall–Kier alpha value is -3.09. The van der Waals surface area contributed by atoms with E-state index in [-0.39, 0.29) is 12.5 Å². The number of amides is 2. The molecule has 1 saturated heterocycles. The molecule has 0 radical (unpaired) electrons. The van der Waals surface area contributed by atoms with Crippen molar-refractivity contribution in [2.45, 2.75) is 18.7 Å². The fourth-order valence-corrected chi connectivity index (χ4v) is 2.81. The average molecular weight is 358 g/mol. The van der Waals surface area contributed by atoms with Crippen LogP contribution in [0.15, 0.2) is 54.6 Å². The number of nitrogens with one attached hydrogen (secondary N) is 1. The molecule has 6 nitrogen and oxygen atoms in total. The van der Waals surface area contributed by atoms with Gasteiger partial charge in [-0.2, -0.15) is 0 Å². The van der Waals surface area contributed by atoms with E-state index < -0.39 is 24.9 Å². The van der Waals surface area contributed by atoms with Gasteiger partial charge in [-0.3, -0.25) is 4.79 Å². The Morgan fingerprint density at radius 2 is 1.85 bits per heavy atom. The summed E-state index contributed by atoms with van der Waals surface area (Å²) in [6, 6.07) is 14.2. The lowest BCUT2D eigenvalue weighted by Crippen LogP contribution is -2.72. The van der Waals surface area contributed by atoms with Gasteiger partial charge in [0.1, 0.15) is 25.1 Å². The normalized spacial score (nSPS) is 18.8. The van der Waals surface area contributed by atoms with Crippen LogP contribution in [0.5, 0.6) is 5.75 Å². The molecule has 2 atom stereocenters. The standard InChI is InChI=1S/C19H19FN2O4/c1-25-15-9-7-14(8-10-15)22-16(11-20)17(18(22)23)21-19(24)26-12-13-5-3-2-4-6-13/h2-10,16-17H,11-12H2,1H3,(H,21,24). The number of methoxy groups -OCH3 is 1. The third-order valence-electron chi connectivity index (χ3n) is 4.21. The fourth-order valence-electron chi connectivity index (χ4n) is 2.81. The molecular formula is C19H19FN2O4. The predicted octanol–water partition coefficient (Wildman–Crippen LogP) is 2.67. The summed E-state index contributed by atoms with van der Waals surface area (Å²) in [6.45, 7) is -0.697. The highest BCUT2D eigenvalue weighted by molar-refractivity contribution is 6.06. The molecule has 0 spiro atoms. The largest absolute Gasteiger partial charge is 0.497 e. The minimum absolute atomic E-state index is 0.0794. The van der Waals surface area contributed by atoms with Crippen molar-refractivity contribution in [1.82, 2.24) is 5.32 Å². The van der Waals surface area contributed by atoms with Crippen LogP contribution in [0.2, 0.25) is 0 Å². The van der Waals surface area contributed by atoms with Gasteiger partial charge in [0.2, 0.25) is 0 Å². The van der Waals surface area contributed by atoms with E-state index >= 15 is 0 Å². The second-order valence-corrected chi connectivity index (χ2v) is 5.81. The van der Waals surface area contributed by atoms with E-state index in [0.717, 1.165) is 5.56 Å². The van der Waals surface area contributed by atoms with E-state index in [1.807, 2.05) is 30.3 Å². The Bertz CT molecular complexity index is 767. The summed E-state index contributed by atoms with van der Waals surface area (Å²) in [4.78, 5) is 25.6. The van der Waals surface area contributed by atoms with E-state index in [0.29, 0.717) is 11.4 Å². The van der Waals surface area contributed by atoms with Crippen LogP contribution in [-0.4, -0.2) is 37.9 Å². The molecule has 2 amide bonds. The lowest BCUT2D eigenvalue weighted by molar-refractivity contribution is -0.127. The third-order valence-corrected chi connectivity index (χ3v) is 4.21. The summed E-state index contributed by atoms with van der Waals surface area (Å²) >= 11 is 0. The van der Waals surface area contributed by atoms with Crippen LogP contribution < -0.4 is 15.0 Å². The number of rotatable bonds is 6. The van der Waals surface area contributed by atoms with E-state index in [2.05, 4.69) is 5.32 Å². The van der Waals surface area contributed by atoms with Crippen LogP contribution in [0.1, 0.15) is 5.56 Å². The van der Waals surface area contributed by atoms with Crippen molar-refractivity contribution in [3.63, 3.8) is 0 Å². The van der Waals surface area contributed by atoms with Crippen LogP contribution >= 0.6 is 0 Å². The first-order valence-corrected chi connectivity index (χ1v) is 8.14. The van der Waals surface area contributed by atoms with Crippen molar-refractivity contribution < 1.29 is 23.5 Å². The highest BCUT2D eigenvalue weighted by atomic mass is 19.1. The van der Waals surface area contributed by atoms with Gasteiger partial charge in [0.05, 0.1) is 13.2 Å². The second kappa shape index (κ2) is 7.86. The molecule has 0 aromatic heterocycles. The molecule has 3 rings (SSSR count). The molecule has 2 unspecified atom stereocenters. The molecule has 136 valence electrons. The zero-order valence-corrected chi connectivity index (χ0v) is 14.2. The van der Waals surface area contributed by atoms with Crippen molar-refractivity contribution >= 4 is 17.7 Å². The Morgan fingerprint density at radius 1 is 1.15 bits per heavy atom. The van der Waals surface area contributed by atoms with Crippen LogP contribution in [0.3, 0.4) is 0 Å². The van der Waals surface area contributed by atoms with Gasteiger partial charge >= 0.3 is 6.09 Å². The highest BCUT2D eigenvalue weighted by Crippen LogP contribution is 2.30. The van der Waals surface area contributed by atoms with Gasteiger partial charge in [-0.15, -0.1) is 0 Å². The first-order chi connectivity index (χ1) is 12.6. The Balaban J connectivity index is 1.58. The topological polar surface area (TPSA) is 67.9 Å². The van der Waals surface area contributed by atoms with E-state index in [1.54, 1.807) is 24.3 Å². The Labute approximate surface area is 150 Å². The lowest BCUT2D eigenvalue weighted by atomic mass is 9.95. The summed E-state index contributed by atoms with van der Waals surface area (Å²) < 4.78 is 23.6. The number of carbonyl (C=O) groups is 2. The molecule has 1 N–H and O–H groups in total. The molecule has 0 bridgehead atoms. The number of halogens is 1. The molecule has 2 aromatic rings. The molecule has 1 aliphatic heterocycles. The lowest BCUT2D eigenvalue weighted by Gasteiger charge is -2.45. The van der Waals surface area contributed by atoms with Gasteiger partial charge in [0.15, 0.2) is 0 Å². The Morgan fingerprint density at radius 3 is 2.46 bits per heavy atom. The van der Waals surface area contributed by atoms with Gasteiger partial charge in [-0.1, -0.05) is 30.3 Å². The summed E-state index contributed by atoms with van der Waals surface area (Å²) in [6.07, 6.45) is -0.750. The second-order valence-electron chi connectivity index (χ2n) is 5.81. The number of alkyl halides is 1. The van der Waals surface area contributed by atoms with E-state index in [9.17, 15) is 14.0 Å². The van der Waals surface area contributed by atoms with Crippen LogP contribution in [0, 0.1) is 0 Å². The predicted molar refractivity (Wildman–Crippen MR) is 93.8 cm³/mol. The zero-order valence-electron chi connectivity index (χ0n) is 14.2. The van der Waals surface area contributed by atoms with Crippen LogP contribution in [-0.2, 0) is 16.1 Å². The Kier molecular flexibility index (Phi) is 5.36. The monoisotopic (exact) mass is 358 g/mol. The molecule has 7 heteroatoms. The first-order valence-electron chi connectivity index (χ1n) is 8.14. The summed E-state index contributed by atoms with van der Waals surface area (Å²) in [5, 5.41) is 2.44. The number of β-lactam (4-membered cyclic amide) rings is 1. The number of carbonyl (C=O) groups excluding carboxylic acids is 2. The maximum absolute atomic E-state index is 13.4. The highest BCUT2D eigenvalue weighted by Gasteiger charge is 2.49. The smallest absolute Gasteiger partial charge is 0.408 e. The molecule has 1 heterocycles. The number of hydrogen-bond acceptors (Lipinski definition) is 4. The van der Waals surface area contributed by atoms with Crippen molar-refractivity contribution in [3.05, 3.63) is 60.2 Å². The summed E-state index contributed by atoms with van der Waals surface area (Å²) in [5.74, 6) is 0.257. The van der Waals surface area contributed by atoms with Crippen LogP contribution in [0.4, 0.5) is 14.9 Å². The number of alkyl carbamates (subject to hydrolysis) is 1. The molecule has 26 heavy (non-hydrogen) atoms. The average Bonchev–Trinajstić information content (AvgIpc) is 2.69.